The van der Waals surface area contributed by atoms with Gasteiger partial charge in [0.05, 0.1) is 4.92 Å². The Morgan fingerprint density at radius 1 is 0.926 bits per heavy atom. The zero-order valence-corrected chi connectivity index (χ0v) is 15.5. The standard InChI is InChI=1S/C16H13N2O3.C5H5.Fe/c19-16-10-13(9-15(17-16)12-3-1-2-4-12)11-5-7-14(8-6-11)18(20)21;1-2-4-5-3-1;/h1-9,13H,10H2,(H,17,19);1-5H;/q;;+2. The van der Waals surface area contributed by atoms with Crippen LogP contribution in [-0.4, -0.2) is 10.8 Å². The van der Waals surface area contributed by atoms with Crippen LogP contribution in [0.5, 0.6) is 0 Å². The number of nitrogens with zero attached hydrogens (tertiary/aromatic N) is 1. The number of allylic oxidation sites excluding steroid dienone is 2. The number of nitro benzene ring substituents is 1. The molecule has 1 heterocycles. The molecule has 2 saturated carbocycles. The molecule has 136 valence electrons. The average Bonchev–Trinajstić information content (AvgIpc) is 3.37. The van der Waals surface area contributed by atoms with Crippen LogP contribution in [0.1, 0.15) is 17.9 Å². The summed E-state index contributed by atoms with van der Waals surface area (Å²) in [5.41, 5.74) is 1.75. The molecule has 6 heteroatoms. The first-order valence-corrected chi connectivity index (χ1v) is 8.28. The van der Waals surface area contributed by atoms with Crippen LogP contribution < -0.4 is 5.32 Å². The molecule has 5 nitrogen and oxygen atoms in total. The van der Waals surface area contributed by atoms with Gasteiger partial charge in [-0.3, -0.25) is 14.9 Å². The van der Waals surface area contributed by atoms with Gasteiger partial charge in [0.15, 0.2) is 0 Å². The minimum Gasteiger partial charge on any atom is -0.329 e. The molecule has 3 aliphatic rings. The molecule has 2 aliphatic carbocycles. The average molecular weight is 402 g/mol. The first-order valence-electron chi connectivity index (χ1n) is 8.28. The molecular weight excluding hydrogens is 384 g/mol. The molecule has 0 bridgehead atoms. The molecule has 4 rings (SSSR count). The van der Waals surface area contributed by atoms with Gasteiger partial charge < -0.3 is 5.32 Å². The molecule has 1 unspecified atom stereocenters. The number of nitrogens with one attached hydrogen (secondary N) is 1. The summed E-state index contributed by atoms with van der Waals surface area (Å²) in [5, 5.41) is 13.5. The quantitative estimate of drug-likeness (QED) is 0.478. The number of hydrogen-bond acceptors (Lipinski definition) is 3. The fourth-order valence-electron chi connectivity index (χ4n) is 2.80. The van der Waals surface area contributed by atoms with Crippen molar-refractivity contribution in [2.24, 2.45) is 0 Å². The Morgan fingerprint density at radius 2 is 1.48 bits per heavy atom. The van der Waals surface area contributed by atoms with Gasteiger partial charge in [0, 0.05) is 36.1 Å². The van der Waals surface area contributed by atoms with Crippen LogP contribution in [0.15, 0.2) is 36.0 Å². The monoisotopic (exact) mass is 402 g/mol. The van der Waals surface area contributed by atoms with Crippen LogP contribution in [0, 0.1) is 73.8 Å². The van der Waals surface area contributed by atoms with Crippen molar-refractivity contribution in [1.29, 1.82) is 0 Å². The fourth-order valence-corrected chi connectivity index (χ4v) is 2.80. The SMILES string of the molecule is O=C1CC(c2ccc([N+](=O)[O-])cc2)C=C([C]2[CH][CH][CH][CH]2)N1.[CH]1[CH][CH][CH][CH]1.[Fe+2]. The molecule has 1 N–H and O–H groups in total. The van der Waals surface area contributed by atoms with Crippen LogP contribution in [-0.2, 0) is 21.9 Å². The van der Waals surface area contributed by atoms with Gasteiger partial charge in [-0.15, -0.1) is 0 Å². The summed E-state index contributed by atoms with van der Waals surface area (Å²) in [5.74, 6) is 0.858. The molecule has 0 aromatic heterocycles. The van der Waals surface area contributed by atoms with E-state index in [4.69, 9.17) is 0 Å². The number of non-ortho nitro benzene ring substituents is 1. The second-order valence-electron chi connectivity index (χ2n) is 5.92. The predicted molar refractivity (Wildman–Crippen MR) is 98.6 cm³/mol. The third-order valence-electron chi connectivity index (χ3n) is 4.11. The number of rotatable bonds is 3. The topological polar surface area (TPSA) is 72.2 Å². The van der Waals surface area contributed by atoms with Crippen molar-refractivity contribution in [2.75, 3.05) is 0 Å². The zero-order chi connectivity index (χ0) is 18.4. The zero-order valence-electron chi connectivity index (χ0n) is 14.4. The first kappa shape index (κ1) is 21.6. The molecule has 1 amide bonds. The Hall–Kier alpha value is -1.65. The van der Waals surface area contributed by atoms with E-state index in [2.05, 4.69) is 5.32 Å². The number of nitro groups is 1. The second-order valence-corrected chi connectivity index (χ2v) is 5.92. The fraction of sp³-hybridized carbons (Fsp3) is 0.0952. The number of carbonyl (C=O) groups is 1. The van der Waals surface area contributed by atoms with E-state index in [-0.39, 0.29) is 34.6 Å². The normalized spacial score (nSPS) is 22.1. The van der Waals surface area contributed by atoms with Crippen LogP contribution >= 0.6 is 0 Å². The smallest absolute Gasteiger partial charge is 0.329 e. The Labute approximate surface area is 171 Å². The van der Waals surface area contributed by atoms with Gasteiger partial charge in [-0.1, -0.05) is 18.2 Å². The molecule has 1 atom stereocenters. The van der Waals surface area contributed by atoms with Crippen molar-refractivity contribution in [3.8, 4) is 0 Å². The largest absolute Gasteiger partial charge is 2.00 e. The molecule has 1 aromatic carbocycles. The molecule has 2 fully saturated rings. The van der Waals surface area contributed by atoms with Gasteiger partial charge in [-0.25, -0.2) is 0 Å². The molecule has 0 saturated heterocycles. The second kappa shape index (κ2) is 10.6. The van der Waals surface area contributed by atoms with Crippen molar-refractivity contribution in [1.82, 2.24) is 5.32 Å². The summed E-state index contributed by atoms with van der Waals surface area (Å²) in [6, 6.07) is 6.36. The third-order valence-corrected chi connectivity index (χ3v) is 4.11. The third kappa shape index (κ3) is 6.18. The summed E-state index contributed by atoms with van der Waals surface area (Å²) in [6.45, 7) is 0. The van der Waals surface area contributed by atoms with Crippen LogP contribution in [0.25, 0.3) is 0 Å². The molecule has 1 aromatic rings. The van der Waals surface area contributed by atoms with Gasteiger partial charge >= 0.3 is 17.1 Å². The maximum atomic E-state index is 11.9. The Kier molecular flexibility index (Phi) is 8.52. The Morgan fingerprint density at radius 3 is 2.00 bits per heavy atom. The summed E-state index contributed by atoms with van der Waals surface area (Å²) >= 11 is 0. The minimum atomic E-state index is -0.428. The molecule has 10 radical (unpaired) electrons. The van der Waals surface area contributed by atoms with Crippen molar-refractivity contribution >= 4 is 11.6 Å². The Balaban J connectivity index is 0.000000379. The van der Waals surface area contributed by atoms with E-state index in [0.717, 1.165) is 17.2 Å². The van der Waals surface area contributed by atoms with Crippen LogP contribution in [0.2, 0.25) is 0 Å². The van der Waals surface area contributed by atoms with E-state index in [1.54, 1.807) is 12.1 Å². The predicted octanol–water partition coefficient (Wildman–Crippen LogP) is 3.51. The number of benzene rings is 1. The van der Waals surface area contributed by atoms with Gasteiger partial charge in [0.1, 0.15) is 0 Å². The van der Waals surface area contributed by atoms with E-state index in [0.29, 0.717) is 6.42 Å². The van der Waals surface area contributed by atoms with E-state index >= 15 is 0 Å². The summed E-state index contributed by atoms with van der Waals surface area (Å²) in [4.78, 5) is 22.1. The van der Waals surface area contributed by atoms with E-state index in [9.17, 15) is 14.9 Å². The van der Waals surface area contributed by atoms with E-state index in [1.807, 2.05) is 63.9 Å². The molecule has 27 heavy (non-hydrogen) atoms. The van der Waals surface area contributed by atoms with Crippen LogP contribution in [0.3, 0.4) is 0 Å². The van der Waals surface area contributed by atoms with Crippen molar-refractivity contribution < 1.29 is 26.8 Å². The molecule has 0 spiro atoms. The maximum Gasteiger partial charge on any atom is 2.00 e. The van der Waals surface area contributed by atoms with Crippen molar-refractivity contribution in [2.45, 2.75) is 12.3 Å². The van der Waals surface area contributed by atoms with Gasteiger partial charge in [0.2, 0.25) is 5.91 Å². The number of hydrogen-bond donors (Lipinski definition) is 1. The van der Waals surface area contributed by atoms with Crippen molar-refractivity contribution in [3.63, 3.8) is 0 Å². The van der Waals surface area contributed by atoms with Gasteiger partial charge in [0.25, 0.3) is 5.69 Å². The van der Waals surface area contributed by atoms with E-state index in [1.165, 1.54) is 12.1 Å². The van der Waals surface area contributed by atoms with Crippen molar-refractivity contribution in [3.05, 3.63) is 115 Å². The summed E-state index contributed by atoms with van der Waals surface area (Å²) in [7, 11) is 0. The van der Waals surface area contributed by atoms with Gasteiger partial charge in [-0.2, -0.15) is 0 Å². The summed E-state index contributed by atoms with van der Waals surface area (Å²) < 4.78 is 0. The molecular formula is C21H18FeN2O3+2. The number of carbonyl (C=O) groups excluding carboxylic acids is 1. The maximum absolute atomic E-state index is 11.9. The summed E-state index contributed by atoms with van der Waals surface area (Å²) in [6.07, 6.45) is 20.0. The molecule has 1 aliphatic heterocycles. The van der Waals surface area contributed by atoms with Crippen LogP contribution in [0.4, 0.5) is 5.69 Å². The Bertz CT molecular complexity index is 655. The van der Waals surface area contributed by atoms with E-state index < -0.39 is 4.92 Å². The number of amides is 1. The first-order chi connectivity index (χ1) is 12.6. The minimum absolute atomic E-state index is 0. The van der Waals surface area contributed by atoms with Gasteiger partial charge in [-0.05, 0) is 63.4 Å².